The molecule has 40 heavy (non-hydrogen) atoms. The van der Waals surface area contributed by atoms with Crippen LogP contribution in [0.15, 0.2) is 78.9 Å². The van der Waals surface area contributed by atoms with Gasteiger partial charge in [-0.25, -0.2) is 8.42 Å². The van der Waals surface area contributed by atoms with E-state index in [2.05, 4.69) is 5.32 Å². The Morgan fingerprint density at radius 2 is 1.57 bits per heavy atom. The number of nitrogens with one attached hydrogen (secondary N) is 1. The summed E-state index contributed by atoms with van der Waals surface area (Å²) in [4.78, 5) is 29.2. The van der Waals surface area contributed by atoms with E-state index in [1.54, 1.807) is 48.5 Å². The van der Waals surface area contributed by atoms with Crippen LogP contribution in [0.5, 0.6) is 5.75 Å². The van der Waals surface area contributed by atoms with Crippen LogP contribution in [0, 0.1) is 5.92 Å². The summed E-state index contributed by atoms with van der Waals surface area (Å²) < 4.78 is 32.3. The predicted octanol–water partition coefficient (Wildman–Crippen LogP) is 4.53. The molecule has 0 radical (unpaired) electrons. The number of halogens is 1. The zero-order chi connectivity index (χ0) is 29.3. The second kappa shape index (κ2) is 14.2. The zero-order valence-electron chi connectivity index (χ0n) is 23.2. The first-order chi connectivity index (χ1) is 19.0. The van der Waals surface area contributed by atoms with Crippen LogP contribution in [0.3, 0.4) is 0 Å². The van der Waals surface area contributed by atoms with E-state index in [1.807, 2.05) is 44.2 Å². The van der Waals surface area contributed by atoms with Gasteiger partial charge in [0.2, 0.25) is 21.8 Å². The standard InChI is InChI=1S/C30H36ClN3O5S/c1-22(2)19-32-30(36)27(18-23-12-6-5-7-13-23)33(20-24-14-8-9-15-25(24)31)29(35)21-34(40(4,37)38)26-16-10-11-17-28(26)39-3/h5-17,22,27H,18-21H2,1-4H3,(H,32,36). The fourth-order valence-electron chi connectivity index (χ4n) is 4.22. The molecular formula is C30H36ClN3O5S. The lowest BCUT2D eigenvalue weighted by atomic mass is 10.0. The lowest BCUT2D eigenvalue weighted by Crippen LogP contribution is -2.53. The molecule has 0 aromatic heterocycles. The van der Waals surface area contributed by atoms with Gasteiger partial charge in [0.1, 0.15) is 18.3 Å². The molecule has 0 aliphatic carbocycles. The van der Waals surface area contributed by atoms with Gasteiger partial charge in [0, 0.05) is 24.5 Å². The van der Waals surface area contributed by atoms with E-state index in [1.165, 1.54) is 12.0 Å². The van der Waals surface area contributed by atoms with Gasteiger partial charge in [-0.15, -0.1) is 0 Å². The van der Waals surface area contributed by atoms with Gasteiger partial charge in [-0.05, 0) is 35.2 Å². The molecule has 0 aliphatic rings. The predicted molar refractivity (Wildman–Crippen MR) is 159 cm³/mol. The normalized spacial score (nSPS) is 12.1. The summed E-state index contributed by atoms with van der Waals surface area (Å²) in [5, 5.41) is 3.39. The van der Waals surface area contributed by atoms with E-state index in [9.17, 15) is 18.0 Å². The van der Waals surface area contributed by atoms with Crippen LogP contribution in [0.4, 0.5) is 5.69 Å². The fraction of sp³-hybridized carbons (Fsp3) is 0.333. The van der Waals surface area contributed by atoms with Gasteiger partial charge in [0.15, 0.2) is 0 Å². The number of methoxy groups -OCH3 is 1. The Kier molecular flexibility index (Phi) is 11.0. The molecule has 0 aliphatic heterocycles. The molecule has 0 bridgehead atoms. The molecule has 214 valence electrons. The van der Waals surface area contributed by atoms with Gasteiger partial charge in [-0.1, -0.05) is 86.1 Å². The molecule has 8 nitrogen and oxygen atoms in total. The zero-order valence-corrected chi connectivity index (χ0v) is 24.8. The summed E-state index contributed by atoms with van der Waals surface area (Å²) in [7, 11) is -2.48. The highest BCUT2D eigenvalue weighted by Gasteiger charge is 2.34. The molecule has 2 amide bonds. The molecule has 1 unspecified atom stereocenters. The molecular weight excluding hydrogens is 550 g/mol. The minimum Gasteiger partial charge on any atom is -0.495 e. The first kappa shape index (κ1) is 31.0. The van der Waals surface area contributed by atoms with Crippen LogP contribution in [0.2, 0.25) is 5.02 Å². The number of ether oxygens (including phenoxy) is 1. The summed E-state index contributed by atoms with van der Waals surface area (Å²) in [6.07, 6.45) is 1.26. The molecule has 3 aromatic carbocycles. The summed E-state index contributed by atoms with van der Waals surface area (Å²) >= 11 is 6.47. The van der Waals surface area contributed by atoms with Crippen molar-refractivity contribution in [3.63, 3.8) is 0 Å². The SMILES string of the molecule is COc1ccccc1N(CC(=O)N(Cc1ccccc1Cl)C(Cc1ccccc1)C(=O)NCC(C)C)S(C)(=O)=O. The number of hydrogen-bond donors (Lipinski definition) is 1. The van der Waals surface area contributed by atoms with Crippen molar-refractivity contribution in [3.05, 3.63) is 95.0 Å². The molecule has 3 aromatic rings. The lowest BCUT2D eigenvalue weighted by Gasteiger charge is -2.34. The molecule has 0 saturated carbocycles. The van der Waals surface area contributed by atoms with Crippen LogP contribution in [0.25, 0.3) is 0 Å². The summed E-state index contributed by atoms with van der Waals surface area (Å²) in [6, 6.07) is 22.1. The van der Waals surface area contributed by atoms with Crippen LogP contribution in [-0.4, -0.2) is 57.6 Å². The highest BCUT2D eigenvalue weighted by atomic mass is 35.5. The number of amides is 2. The monoisotopic (exact) mass is 585 g/mol. The van der Waals surface area contributed by atoms with Gasteiger partial charge < -0.3 is 15.0 Å². The summed E-state index contributed by atoms with van der Waals surface area (Å²) in [6.45, 7) is 3.86. The molecule has 0 spiro atoms. The Morgan fingerprint density at radius 3 is 2.20 bits per heavy atom. The second-order valence-corrected chi connectivity index (χ2v) is 12.2. The molecule has 10 heteroatoms. The van der Waals surface area contributed by atoms with E-state index in [-0.39, 0.29) is 30.5 Å². The average Bonchev–Trinajstić information content (AvgIpc) is 2.93. The number of para-hydroxylation sites is 2. The largest absolute Gasteiger partial charge is 0.495 e. The highest BCUT2D eigenvalue weighted by molar-refractivity contribution is 7.92. The maximum atomic E-state index is 14.1. The summed E-state index contributed by atoms with van der Waals surface area (Å²) in [5.74, 6) is -0.396. The molecule has 1 N–H and O–H groups in total. The van der Waals surface area contributed by atoms with Crippen molar-refractivity contribution in [2.45, 2.75) is 32.9 Å². The lowest BCUT2D eigenvalue weighted by molar-refractivity contribution is -0.140. The molecule has 0 heterocycles. The third-order valence-corrected chi connectivity index (χ3v) is 7.78. The number of nitrogens with zero attached hydrogens (tertiary/aromatic N) is 2. The van der Waals surface area contributed by atoms with Crippen LogP contribution in [-0.2, 0) is 32.6 Å². The number of hydrogen-bond acceptors (Lipinski definition) is 5. The van der Waals surface area contributed by atoms with Crippen LogP contribution >= 0.6 is 11.6 Å². The van der Waals surface area contributed by atoms with Crippen LogP contribution < -0.4 is 14.4 Å². The minimum absolute atomic E-state index is 0.00856. The van der Waals surface area contributed by atoms with Crippen molar-refractivity contribution in [1.29, 1.82) is 0 Å². The van der Waals surface area contributed by atoms with Crippen molar-refractivity contribution in [2.24, 2.45) is 5.92 Å². The number of benzene rings is 3. The van der Waals surface area contributed by atoms with E-state index < -0.39 is 28.5 Å². The Labute approximate surface area is 241 Å². The Hall–Kier alpha value is -3.56. The van der Waals surface area contributed by atoms with E-state index in [4.69, 9.17) is 16.3 Å². The van der Waals surface area contributed by atoms with Gasteiger partial charge in [-0.2, -0.15) is 0 Å². The second-order valence-electron chi connectivity index (χ2n) is 9.90. The Morgan fingerprint density at radius 1 is 0.950 bits per heavy atom. The molecule has 3 rings (SSSR count). The molecule has 0 saturated heterocycles. The van der Waals surface area contributed by atoms with Gasteiger partial charge in [-0.3, -0.25) is 13.9 Å². The number of carbonyl (C=O) groups is 2. The van der Waals surface area contributed by atoms with E-state index in [0.717, 1.165) is 16.1 Å². The topological polar surface area (TPSA) is 96.0 Å². The Balaban J connectivity index is 2.08. The van der Waals surface area contributed by atoms with Crippen LogP contribution in [0.1, 0.15) is 25.0 Å². The van der Waals surface area contributed by atoms with Crippen molar-refractivity contribution in [1.82, 2.24) is 10.2 Å². The van der Waals surface area contributed by atoms with Crippen molar-refractivity contribution in [2.75, 3.05) is 30.8 Å². The minimum atomic E-state index is -3.91. The number of carbonyl (C=O) groups excluding carboxylic acids is 2. The third kappa shape index (κ3) is 8.47. The number of sulfonamides is 1. The van der Waals surface area contributed by atoms with E-state index >= 15 is 0 Å². The van der Waals surface area contributed by atoms with Crippen molar-refractivity contribution < 1.29 is 22.7 Å². The van der Waals surface area contributed by atoms with Crippen molar-refractivity contribution in [3.8, 4) is 5.75 Å². The first-order valence-corrected chi connectivity index (χ1v) is 15.2. The van der Waals surface area contributed by atoms with Gasteiger partial charge in [0.25, 0.3) is 0 Å². The fourth-order valence-corrected chi connectivity index (χ4v) is 5.27. The van der Waals surface area contributed by atoms with E-state index in [0.29, 0.717) is 22.9 Å². The average molecular weight is 586 g/mol. The smallest absolute Gasteiger partial charge is 0.244 e. The van der Waals surface area contributed by atoms with Crippen molar-refractivity contribution >= 4 is 39.1 Å². The van der Waals surface area contributed by atoms with Gasteiger partial charge >= 0.3 is 0 Å². The molecule has 0 fully saturated rings. The maximum Gasteiger partial charge on any atom is 0.244 e. The van der Waals surface area contributed by atoms with Gasteiger partial charge in [0.05, 0.1) is 19.1 Å². The quantitative estimate of drug-likeness (QED) is 0.318. The molecule has 1 atom stereocenters. The number of anilines is 1. The maximum absolute atomic E-state index is 14.1. The summed E-state index contributed by atoms with van der Waals surface area (Å²) in [5.41, 5.74) is 1.71. The number of rotatable bonds is 13. The Bertz CT molecular complexity index is 1400. The first-order valence-electron chi connectivity index (χ1n) is 13.0. The highest BCUT2D eigenvalue weighted by Crippen LogP contribution is 2.30. The third-order valence-electron chi connectivity index (χ3n) is 6.29.